The third kappa shape index (κ3) is 2.13. The Kier molecular flexibility index (Phi) is 2.73. The molecule has 1 aliphatic heterocycles. The summed E-state index contributed by atoms with van der Waals surface area (Å²) in [5.41, 5.74) is 3.98. The third-order valence-electron chi connectivity index (χ3n) is 4.46. The van der Waals surface area contributed by atoms with Gasteiger partial charge in [0.15, 0.2) is 0 Å². The van der Waals surface area contributed by atoms with E-state index in [1.54, 1.807) is 0 Å². The molecule has 92 valence electrons. The molecule has 1 aromatic rings. The van der Waals surface area contributed by atoms with Crippen LogP contribution in [0.2, 0.25) is 0 Å². The fourth-order valence-corrected chi connectivity index (χ4v) is 3.11. The first kappa shape index (κ1) is 10.9. The lowest BCUT2D eigenvalue weighted by atomic mass is 10.1. The molecule has 1 saturated heterocycles. The standard InChI is InChI=1S/C15H22N2/c1-11-3-4-14(10-15(11)16-2)17-7-5-12-9-13(12)6-8-17/h3-4,10,12-13,16H,5-9H2,1-2H3. The fourth-order valence-electron chi connectivity index (χ4n) is 3.11. The lowest BCUT2D eigenvalue weighted by molar-refractivity contribution is 0.685. The van der Waals surface area contributed by atoms with E-state index in [2.05, 4.69) is 35.3 Å². The Labute approximate surface area is 104 Å². The molecule has 1 saturated carbocycles. The van der Waals surface area contributed by atoms with Gasteiger partial charge in [0.2, 0.25) is 0 Å². The average Bonchev–Trinajstić information content (AvgIpc) is 3.08. The van der Waals surface area contributed by atoms with Crippen molar-refractivity contribution in [1.29, 1.82) is 0 Å². The van der Waals surface area contributed by atoms with Crippen LogP contribution >= 0.6 is 0 Å². The molecule has 0 radical (unpaired) electrons. The second-order valence-electron chi connectivity index (χ2n) is 5.57. The smallest absolute Gasteiger partial charge is 0.0388 e. The predicted molar refractivity (Wildman–Crippen MR) is 73.8 cm³/mol. The van der Waals surface area contributed by atoms with Crippen LogP contribution in [0.5, 0.6) is 0 Å². The lowest BCUT2D eigenvalue weighted by Gasteiger charge is -2.24. The summed E-state index contributed by atoms with van der Waals surface area (Å²) in [4.78, 5) is 2.56. The number of hydrogen-bond acceptors (Lipinski definition) is 2. The lowest BCUT2D eigenvalue weighted by Crippen LogP contribution is -2.24. The zero-order valence-electron chi connectivity index (χ0n) is 10.9. The summed E-state index contributed by atoms with van der Waals surface area (Å²) in [6, 6.07) is 6.80. The number of nitrogens with one attached hydrogen (secondary N) is 1. The van der Waals surface area contributed by atoms with Crippen LogP contribution in [0.25, 0.3) is 0 Å². The zero-order valence-corrected chi connectivity index (χ0v) is 10.9. The summed E-state index contributed by atoms with van der Waals surface area (Å²) >= 11 is 0. The van der Waals surface area contributed by atoms with Crippen LogP contribution in [0.3, 0.4) is 0 Å². The molecule has 2 atom stereocenters. The van der Waals surface area contributed by atoms with Gasteiger partial charge in [-0.3, -0.25) is 0 Å². The van der Waals surface area contributed by atoms with E-state index in [-0.39, 0.29) is 0 Å². The van der Waals surface area contributed by atoms with Crippen molar-refractivity contribution in [2.45, 2.75) is 26.2 Å². The first-order valence-electron chi connectivity index (χ1n) is 6.81. The molecule has 0 aromatic heterocycles. The highest BCUT2D eigenvalue weighted by atomic mass is 15.1. The van der Waals surface area contributed by atoms with Gasteiger partial charge in [-0.1, -0.05) is 6.07 Å². The Morgan fingerprint density at radius 2 is 1.88 bits per heavy atom. The molecule has 1 aromatic carbocycles. The van der Waals surface area contributed by atoms with Gasteiger partial charge in [0, 0.05) is 31.5 Å². The highest BCUT2D eigenvalue weighted by Gasteiger charge is 2.38. The van der Waals surface area contributed by atoms with Crippen molar-refractivity contribution >= 4 is 11.4 Å². The van der Waals surface area contributed by atoms with Gasteiger partial charge in [0.05, 0.1) is 0 Å². The largest absolute Gasteiger partial charge is 0.388 e. The normalized spacial score (nSPS) is 27.3. The van der Waals surface area contributed by atoms with Gasteiger partial charge in [-0.2, -0.15) is 0 Å². The SMILES string of the molecule is CNc1cc(N2CCC3CC3CC2)ccc1C. The molecule has 1 heterocycles. The van der Waals surface area contributed by atoms with E-state index >= 15 is 0 Å². The zero-order chi connectivity index (χ0) is 11.8. The highest BCUT2D eigenvalue weighted by molar-refractivity contribution is 5.62. The monoisotopic (exact) mass is 230 g/mol. The van der Waals surface area contributed by atoms with Gasteiger partial charge in [-0.25, -0.2) is 0 Å². The molecule has 0 bridgehead atoms. The first-order chi connectivity index (χ1) is 8.28. The van der Waals surface area contributed by atoms with E-state index in [0.717, 1.165) is 11.8 Å². The first-order valence-corrected chi connectivity index (χ1v) is 6.81. The van der Waals surface area contributed by atoms with E-state index in [1.165, 1.54) is 49.3 Å². The summed E-state index contributed by atoms with van der Waals surface area (Å²) < 4.78 is 0. The third-order valence-corrected chi connectivity index (χ3v) is 4.46. The highest BCUT2D eigenvalue weighted by Crippen LogP contribution is 2.46. The van der Waals surface area contributed by atoms with Crippen molar-refractivity contribution in [3.05, 3.63) is 23.8 Å². The summed E-state index contributed by atoms with van der Waals surface area (Å²) in [5, 5.41) is 3.28. The molecule has 2 heteroatoms. The number of aryl methyl sites for hydroxylation is 1. The summed E-state index contributed by atoms with van der Waals surface area (Å²) in [5.74, 6) is 2.10. The number of hydrogen-bond donors (Lipinski definition) is 1. The molecule has 1 N–H and O–H groups in total. The quantitative estimate of drug-likeness (QED) is 0.839. The summed E-state index contributed by atoms with van der Waals surface area (Å²) in [6.07, 6.45) is 4.30. The molecule has 2 fully saturated rings. The second kappa shape index (κ2) is 4.25. The van der Waals surface area contributed by atoms with Crippen LogP contribution in [0.1, 0.15) is 24.8 Å². The van der Waals surface area contributed by atoms with E-state index in [0.29, 0.717) is 0 Å². The van der Waals surface area contributed by atoms with Crippen molar-refractivity contribution in [3.63, 3.8) is 0 Å². The topological polar surface area (TPSA) is 15.3 Å². The Bertz CT molecular complexity index is 401. The number of rotatable bonds is 2. The van der Waals surface area contributed by atoms with Crippen molar-refractivity contribution in [2.75, 3.05) is 30.4 Å². The summed E-state index contributed by atoms with van der Waals surface area (Å²) in [7, 11) is 2.00. The maximum absolute atomic E-state index is 3.28. The number of nitrogens with zero attached hydrogens (tertiary/aromatic N) is 1. The minimum Gasteiger partial charge on any atom is -0.388 e. The van der Waals surface area contributed by atoms with Gasteiger partial charge < -0.3 is 10.2 Å². The van der Waals surface area contributed by atoms with Gasteiger partial charge in [-0.15, -0.1) is 0 Å². The molecule has 2 nitrogen and oxygen atoms in total. The Balaban J connectivity index is 1.78. The van der Waals surface area contributed by atoms with E-state index in [1.807, 2.05) is 7.05 Å². The Hall–Kier alpha value is -1.18. The summed E-state index contributed by atoms with van der Waals surface area (Å²) in [6.45, 7) is 4.65. The Morgan fingerprint density at radius 1 is 1.18 bits per heavy atom. The maximum atomic E-state index is 3.28. The van der Waals surface area contributed by atoms with Gasteiger partial charge in [0.1, 0.15) is 0 Å². The minimum absolute atomic E-state index is 1.05. The van der Waals surface area contributed by atoms with Crippen LogP contribution in [0, 0.1) is 18.8 Å². The van der Waals surface area contributed by atoms with Crippen molar-refractivity contribution in [1.82, 2.24) is 0 Å². The van der Waals surface area contributed by atoms with E-state index in [4.69, 9.17) is 0 Å². The molecule has 2 unspecified atom stereocenters. The minimum atomic E-state index is 1.05. The van der Waals surface area contributed by atoms with Crippen LogP contribution in [-0.2, 0) is 0 Å². The van der Waals surface area contributed by atoms with Gasteiger partial charge in [0.25, 0.3) is 0 Å². The average molecular weight is 230 g/mol. The van der Waals surface area contributed by atoms with Crippen molar-refractivity contribution < 1.29 is 0 Å². The van der Waals surface area contributed by atoms with Crippen LogP contribution < -0.4 is 10.2 Å². The molecule has 0 spiro atoms. The fraction of sp³-hybridized carbons (Fsp3) is 0.600. The van der Waals surface area contributed by atoms with Crippen LogP contribution in [0.15, 0.2) is 18.2 Å². The molecule has 1 aliphatic carbocycles. The molecule has 17 heavy (non-hydrogen) atoms. The molecule has 2 aliphatic rings. The van der Waals surface area contributed by atoms with Crippen molar-refractivity contribution in [3.8, 4) is 0 Å². The molecule has 0 amide bonds. The Morgan fingerprint density at radius 3 is 2.53 bits per heavy atom. The molecule has 3 rings (SSSR count). The number of anilines is 2. The maximum Gasteiger partial charge on any atom is 0.0388 e. The van der Waals surface area contributed by atoms with Gasteiger partial charge >= 0.3 is 0 Å². The predicted octanol–water partition coefficient (Wildman–Crippen LogP) is 3.27. The van der Waals surface area contributed by atoms with Crippen molar-refractivity contribution in [2.24, 2.45) is 11.8 Å². The van der Waals surface area contributed by atoms with E-state index < -0.39 is 0 Å². The molecular formula is C15H22N2. The van der Waals surface area contributed by atoms with E-state index in [9.17, 15) is 0 Å². The molecular weight excluding hydrogens is 208 g/mol. The van der Waals surface area contributed by atoms with Crippen LogP contribution in [0.4, 0.5) is 11.4 Å². The van der Waals surface area contributed by atoms with Crippen LogP contribution in [-0.4, -0.2) is 20.1 Å². The second-order valence-corrected chi connectivity index (χ2v) is 5.57. The number of fused-ring (bicyclic) bond motifs is 1. The number of benzene rings is 1. The van der Waals surface area contributed by atoms with Gasteiger partial charge in [-0.05, 0) is 55.7 Å².